The zero-order valence-electron chi connectivity index (χ0n) is 14.7. The van der Waals surface area contributed by atoms with Crippen LogP contribution in [0.25, 0.3) is 0 Å². The average Bonchev–Trinajstić information content (AvgIpc) is 2.63. The molecule has 130 valence electrons. The predicted molar refractivity (Wildman–Crippen MR) is 111 cm³/mol. The largest absolute Gasteiger partial charge is 0.372 e. The minimum absolute atomic E-state index is 0.487. The summed E-state index contributed by atoms with van der Waals surface area (Å²) in [7, 11) is 0. The van der Waals surface area contributed by atoms with Crippen LogP contribution in [0.5, 0.6) is 0 Å². The number of rotatable bonds is 4. The highest BCUT2D eigenvalue weighted by molar-refractivity contribution is 7.80. The van der Waals surface area contributed by atoms with Crippen LogP contribution in [0.2, 0.25) is 0 Å². The van der Waals surface area contributed by atoms with Crippen LogP contribution in [0.1, 0.15) is 30.0 Å². The van der Waals surface area contributed by atoms with Gasteiger partial charge in [-0.3, -0.25) is 5.43 Å². The molecule has 1 aliphatic rings. The molecule has 3 rings (SSSR count). The number of aryl methyl sites for hydroxylation is 2. The maximum Gasteiger partial charge on any atom is 0.191 e. The zero-order valence-corrected chi connectivity index (χ0v) is 15.6. The first-order chi connectivity index (χ1) is 12.2. The number of thiocarbonyl (C=S) groups is 1. The summed E-state index contributed by atoms with van der Waals surface area (Å²) in [5.41, 5.74) is 8.86. The molecule has 5 heteroatoms. The normalized spacial score (nSPS) is 13.6. The van der Waals surface area contributed by atoms with E-state index < -0.39 is 0 Å². The lowest BCUT2D eigenvalue weighted by Gasteiger charge is -2.30. The van der Waals surface area contributed by atoms with Gasteiger partial charge in [0.1, 0.15) is 0 Å². The van der Waals surface area contributed by atoms with Crippen LogP contribution in [0, 0.1) is 6.92 Å². The van der Waals surface area contributed by atoms with E-state index in [0.29, 0.717) is 5.11 Å². The van der Waals surface area contributed by atoms with Crippen LogP contribution in [0.15, 0.2) is 47.6 Å². The molecule has 0 saturated heterocycles. The monoisotopic (exact) mass is 352 g/mol. The van der Waals surface area contributed by atoms with Gasteiger partial charge in [0.2, 0.25) is 0 Å². The molecule has 0 radical (unpaired) electrons. The molecule has 0 unspecified atom stereocenters. The van der Waals surface area contributed by atoms with Crippen LogP contribution >= 0.6 is 12.2 Å². The smallest absolute Gasteiger partial charge is 0.191 e. The lowest BCUT2D eigenvalue weighted by molar-refractivity contribution is 0.708. The number of para-hydroxylation sites is 1. The second-order valence-electron chi connectivity index (χ2n) is 6.21. The van der Waals surface area contributed by atoms with Crippen LogP contribution in [-0.4, -0.2) is 24.4 Å². The lowest BCUT2D eigenvalue weighted by atomic mass is 9.99. The molecule has 1 heterocycles. The molecule has 4 nitrogen and oxygen atoms in total. The van der Waals surface area contributed by atoms with Crippen LogP contribution in [-0.2, 0) is 6.42 Å². The SMILES string of the molecule is CCN1CCCc2cc(/C=N/NC(=S)Nc3ccccc3C)ccc21. The van der Waals surface area contributed by atoms with Crippen molar-refractivity contribution in [3.05, 3.63) is 59.2 Å². The summed E-state index contributed by atoms with van der Waals surface area (Å²) in [5, 5.41) is 7.91. The van der Waals surface area contributed by atoms with Crippen molar-refractivity contribution in [1.29, 1.82) is 0 Å². The summed E-state index contributed by atoms with van der Waals surface area (Å²) in [5.74, 6) is 0. The van der Waals surface area contributed by atoms with Gasteiger partial charge in [0.15, 0.2) is 5.11 Å². The molecule has 0 saturated carbocycles. The Bertz CT molecular complexity index is 785. The standard InChI is InChI=1S/C20H24N4S/c1-3-24-12-6-8-17-13-16(10-11-19(17)24)14-21-23-20(25)22-18-9-5-4-7-15(18)2/h4-5,7,9-11,13-14H,3,6,8,12H2,1-2H3,(H2,22,23,25)/b21-14+. The molecular weight excluding hydrogens is 328 g/mol. The van der Waals surface area contributed by atoms with E-state index in [4.69, 9.17) is 12.2 Å². The number of nitrogens with one attached hydrogen (secondary N) is 2. The second-order valence-corrected chi connectivity index (χ2v) is 6.62. The van der Waals surface area contributed by atoms with Crippen molar-refractivity contribution in [2.45, 2.75) is 26.7 Å². The molecule has 0 atom stereocenters. The molecule has 25 heavy (non-hydrogen) atoms. The summed E-state index contributed by atoms with van der Waals surface area (Å²) < 4.78 is 0. The highest BCUT2D eigenvalue weighted by Gasteiger charge is 2.15. The first-order valence-corrected chi connectivity index (χ1v) is 9.11. The third-order valence-corrected chi connectivity index (χ3v) is 4.67. The van der Waals surface area contributed by atoms with Crippen LogP contribution in [0.3, 0.4) is 0 Å². The Kier molecular flexibility index (Phi) is 5.66. The van der Waals surface area contributed by atoms with Gasteiger partial charge in [-0.2, -0.15) is 5.10 Å². The number of benzene rings is 2. The van der Waals surface area contributed by atoms with E-state index in [1.807, 2.05) is 37.4 Å². The van der Waals surface area contributed by atoms with Gasteiger partial charge in [-0.15, -0.1) is 0 Å². The number of hydrazone groups is 1. The first kappa shape index (κ1) is 17.4. The zero-order chi connectivity index (χ0) is 17.6. The van der Waals surface area contributed by atoms with Crippen LogP contribution in [0.4, 0.5) is 11.4 Å². The van der Waals surface area contributed by atoms with E-state index in [9.17, 15) is 0 Å². The summed E-state index contributed by atoms with van der Waals surface area (Å²) >= 11 is 5.30. The van der Waals surface area contributed by atoms with Crippen LogP contribution < -0.4 is 15.6 Å². The Hall–Kier alpha value is -2.40. The van der Waals surface area contributed by atoms with Gasteiger partial charge < -0.3 is 10.2 Å². The van der Waals surface area contributed by atoms with Crippen molar-refractivity contribution >= 4 is 34.9 Å². The van der Waals surface area contributed by atoms with Gasteiger partial charge in [0.05, 0.1) is 6.21 Å². The molecule has 0 aromatic heterocycles. The third-order valence-electron chi connectivity index (χ3n) is 4.47. The maximum atomic E-state index is 5.30. The summed E-state index contributed by atoms with van der Waals surface area (Å²) in [6, 6.07) is 14.6. The number of fused-ring (bicyclic) bond motifs is 1. The fourth-order valence-electron chi connectivity index (χ4n) is 3.13. The molecule has 0 bridgehead atoms. The fourth-order valence-corrected chi connectivity index (χ4v) is 3.30. The molecule has 2 aromatic rings. The summed E-state index contributed by atoms with van der Waals surface area (Å²) in [6.45, 7) is 6.45. The van der Waals surface area contributed by atoms with Crippen molar-refractivity contribution in [3.63, 3.8) is 0 Å². The predicted octanol–water partition coefficient (Wildman–Crippen LogP) is 4.09. The first-order valence-electron chi connectivity index (χ1n) is 8.71. The average molecular weight is 353 g/mol. The van der Waals surface area contributed by atoms with E-state index in [0.717, 1.165) is 36.3 Å². The summed E-state index contributed by atoms with van der Waals surface area (Å²) in [6.07, 6.45) is 4.16. The highest BCUT2D eigenvalue weighted by atomic mass is 32.1. The molecule has 0 fully saturated rings. The van der Waals surface area contributed by atoms with Gasteiger partial charge in [0.25, 0.3) is 0 Å². The van der Waals surface area contributed by atoms with Gasteiger partial charge >= 0.3 is 0 Å². The Morgan fingerprint density at radius 1 is 1.28 bits per heavy atom. The number of hydrogen-bond donors (Lipinski definition) is 2. The van der Waals surface area contributed by atoms with Gasteiger partial charge in [-0.25, -0.2) is 0 Å². The van der Waals surface area contributed by atoms with Gasteiger partial charge in [-0.1, -0.05) is 24.3 Å². The Morgan fingerprint density at radius 2 is 2.12 bits per heavy atom. The van der Waals surface area contributed by atoms with E-state index >= 15 is 0 Å². The summed E-state index contributed by atoms with van der Waals surface area (Å²) in [4.78, 5) is 2.43. The van der Waals surface area contributed by atoms with Gasteiger partial charge in [-0.05, 0) is 73.8 Å². The Morgan fingerprint density at radius 3 is 2.92 bits per heavy atom. The number of anilines is 2. The van der Waals surface area contributed by atoms with E-state index in [-0.39, 0.29) is 0 Å². The quantitative estimate of drug-likeness (QED) is 0.494. The highest BCUT2D eigenvalue weighted by Crippen LogP contribution is 2.27. The minimum Gasteiger partial charge on any atom is -0.372 e. The lowest BCUT2D eigenvalue weighted by Crippen LogP contribution is -2.28. The van der Waals surface area contributed by atoms with Crippen molar-refractivity contribution in [1.82, 2.24) is 5.43 Å². The molecule has 0 spiro atoms. The molecule has 0 aliphatic carbocycles. The fraction of sp³-hybridized carbons (Fsp3) is 0.300. The second kappa shape index (κ2) is 8.12. The minimum atomic E-state index is 0.487. The number of hydrogen-bond acceptors (Lipinski definition) is 3. The van der Waals surface area contributed by atoms with Crippen molar-refractivity contribution in [2.24, 2.45) is 5.10 Å². The van der Waals surface area contributed by atoms with Crippen molar-refractivity contribution in [2.75, 3.05) is 23.3 Å². The van der Waals surface area contributed by atoms with Crippen molar-refractivity contribution in [3.8, 4) is 0 Å². The molecule has 0 amide bonds. The Labute approximate surface area is 154 Å². The van der Waals surface area contributed by atoms with E-state index in [1.165, 1.54) is 17.7 Å². The maximum absolute atomic E-state index is 5.30. The van der Waals surface area contributed by atoms with Gasteiger partial charge in [0, 0.05) is 24.5 Å². The molecule has 1 aliphatic heterocycles. The van der Waals surface area contributed by atoms with Crippen molar-refractivity contribution < 1.29 is 0 Å². The van der Waals surface area contributed by atoms with E-state index in [2.05, 4.69) is 45.9 Å². The third kappa shape index (κ3) is 4.37. The topological polar surface area (TPSA) is 39.7 Å². The molecular formula is C20H24N4S. The Balaban J connectivity index is 1.61. The number of nitrogens with zero attached hydrogens (tertiary/aromatic N) is 2. The molecule has 2 aromatic carbocycles. The molecule has 2 N–H and O–H groups in total. The van der Waals surface area contributed by atoms with E-state index in [1.54, 1.807) is 0 Å².